The van der Waals surface area contributed by atoms with E-state index in [0.717, 1.165) is 75.8 Å². The molecule has 1 fully saturated rings. The molecule has 1 saturated carbocycles. The van der Waals surface area contributed by atoms with Crippen LogP contribution in [0.25, 0.3) is 11.0 Å². The van der Waals surface area contributed by atoms with Crippen LogP contribution in [0, 0.1) is 13.8 Å². The quantitative estimate of drug-likeness (QED) is 0.495. The minimum Gasteiger partial charge on any atom is -0.496 e. The maximum Gasteiger partial charge on any atom is 0.223 e. The van der Waals surface area contributed by atoms with E-state index in [0.29, 0.717) is 6.54 Å². The minimum atomic E-state index is -0.274. The molecule has 5 rings (SSSR count). The normalized spacial score (nSPS) is 22.9. The molecule has 1 unspecified atom stereocenters. The number of ether oxygens (including phenoxy) is 1. The summed E-state index contributed by atoms with van der Waals surface area (Å²) in [5.41, 5.74) is 10.6. The molecule has 0 aromatic carbocycles. The lowest BCUT2D eigenvalue weighted by atomic mass is 10.1. The number of anilines is 1. The summed E-state index contributed by atoms with van der Waals surface area (Å²) in [6.45, 7) is 4.47. The van der Waals surface area contributed by atoms with Gasteiger partial charge in [-0.25, -0.2) is 9.67 Å². The van der Waals surface area contributed by atoms with Gasteiger partial charge in [-0.3, -0.25) is 4.98 Å². The lowest BCUT2D eigenvalue weighted by molar-refractivity contribution is 0.144. The number of aromatic nitrogens is 5. The molecule has 4 heterocycles. The molecule has 4 N–H and O–H groups in total. The summed E-state index contributed by atoms with van der Waals surface area (Å²) < 4.78 is 7.45. The van der Waals surface area contributed by atoms with Gasteiger partial charge in [0.25, 0.3) is 0 Å². The highest BCUT2D eigenvalue weighted by Crippen LogP contribution is 2.34. The molecule has 0 amide bonds. The summed E-state index contributed by atoms with van der Waals surface area (Å²) in [7, 11) is 1.68. The van der Waals surface area contributed by atoms with Crippen molar-refractivity contribution in [3.8, 4) is 5.75 Å². The fourth-order valence-electron chi connectivity index (χ4n) is 4.87. The Bertz CT molecular complexity index is 1170. The van der Waals surface area contributed by atoms with Crippen molar-refractivity contribution < 1.29 is 9.84 Å². The Morgan fingerprint density at radius 3 is 2.91 bits per heavy atom. The van der Waals surface area contributed by atoms with Crippen molar-refractivity contribution >= 4 is 28.7 Å². The van der Waals surface area contributed by atoms with Crippen molar-refractivity contribution in [2.45, 2.75) is 69.3 Å². The fraction of sp³-hybridized carbons (Fsp3) is 0.545. The summed E-state index contributed by atoms with van der Waals surface area (Å²) in [4.78, 5) is 13.7. The van der Waals surface area contributed by atoms with Crippen LogP contribution in [0.3, 0.4) is 0 Å². The molecule has 170 valence electrons. The second-order valence-corrected chi connectivity index (χ2v) is 9.73. The van der Waals surface area contributed by atoms with E-state index in [1.54, 1.807) is 18.9 Å². The van der Waals surface area contributed by atoms with E-state index >= 15 is 0 Å². The zero-order valence-electron chi connectivity index (χ0n) is 18.6. The van der Waals surface area contributed by atoms with Crippen molar-refractivity contribution in [1.29, 1.82) is 0 Å². The average molecular weight is 456 g/mol. The Morgan fingerprint density at radius 1 is 1.31 bits per heavy atom. The Morgan fingerprint density at radius 2 is 2.16 bits per heavy atom. The second kappa shape index (κ2) is 8.49. The lowest BCUT2D eigenvalue weighted by Gasteiger charge is -2.23. The Kier molecular flexibility index (Phi) is 5.68. The molecule has 9 nitrogen and oxygen atoms in total. The Balaban J connectivity index is 1.51. The number of nitrogens with zero attached hydrogens (tertiary/aromatic N) is 5. The number of nitrogens with two attached hydrogens (primary N) is 1. The maximum atomic E-state index is 10.3. The zero-order valence-corrected chi connectivity index (χ0v) is 19.4. The molecule has 3 aromatic rings. The molecule has 2 aliphatic rings. The zero-order chi connectivity index (χ0) is 22.4. The first kappa shape index (κ1) is 21.4. The van der Waals surface area contributed by atoms with Crippen LogP contribution < -0.4 is 15.8 Å². The van der Waals surface area contributed by atoms with Gasteiger partial charge in [0.15, 0.2) is 5.65 Å². The van der Waals surface area contributed by atoms with E-state index in [9.17, 15) is 5.11 Å². The second-order valence-electron chi connectivity index (χ2n) is 8.72. The first-order valence-corrected chi connectivity index (χ1v) is 12.0. The lowest BCUT2D eigenvalue weighted by Crippen LogP contribution is -2.44. The fourth-order valence-corrected chi connectivity index (χ4v) is 5.96. The van der Waals surface area contributed by atoms with Crippen LogP contribution in [-0.4, -0.2) is 60.9 Å². The van der Waals surface area contributed by atoms with Crippen LogP contribution >= 0.6 is 11.8 Å². The van der Waals surface area contributed by atoms with Gasteiger partial charge in [0, 0.05) is 41.6 Å². The van der Waals surface area contributed by atoms with Crippen LogP contribution in [0.5, 0.6) is 5.75 Å². The number of aliphatic hydroxyl groups excluding tert-OH is 1. The predicted molar refractivity (Wildman–Crippen MR) is 124 cm³/mol. The molecule has 1 aliphatic carbocycles. The van der Waals surface area contributed by atoms with Gasteiger partial charge in [-0.05, 0) is 33.1 Å². The molecule has 3 atom stereocenters. The number of pyridine rings is 1. The highest BCUT2D eigenvalue weighted by atomic mass is 32.2. The summed E-state index contributed by atoms with van der Waals surface area (Å²) in [6, 6.07) is 0.335. The van der Waals surface area contributed by atoms with Gasteiger partial charge in [-0.2, -0.15) is 10.1 Å². The molecule has 1 aliphatic heterocycles. The third-order valence-corrected chi connectivity index (χ3v) is 7.63. The van der Waals surface area contributed by atoms with Gasteiger partial charge in [0.1, 0.15) is 10.8 Å². The van der Waals surface area contributed by atoms with Crippen LogP contribution in [-0.2, 0) is 13.0 Å². The third kappa shape index (κ3) is 3.80. The average Bonchev–Trinajstić information content (AvgIpc) is 3.26. The monoisotopic (exact) mass is 455 g/mol. The van der Waals surface area contributed by atoms with E-state index in [1.165, 1.54) is 0 Å². The van der Waals surface area contributed by atoms with Crippen molar-refractivity contribution in [3.63, 3.8) is 0 Å². The smallest absolute Gasteiger partial charge is 0.223 e. The third-order valence-electron chi connectivity index (χ3n) is 6.49. The van der Waals surface area contributed by atoms with Gasteiger partial charge in [-0.1, -0.05) is 0 Å². The van der Waals surface area contributed by atoms with Gasteiger partial charge >= 0.3 is 0 Å². The highest BCUT2D eigenvalue weighted by molar-refractivity contribution is 7.99. The number of methoxy groups -OCH3 is 1. The standard InChI is InChI=1S/C22H29N7O2S/c1-11-8-24-16(12(2)19(11)31-3)9-29-20-18-15(28-29)7-13(25-14-5-4-6-17(14)30)10-32-21(18)27-22(23)26-20/h8,13-14,17,25,30H,4-7,9-10H2,1-3H3,(H2,23,26,27)/t13?,14-,17-/m0/s1. The van der Waals surface area contributed by atoms with Crippen LogP contribution in [0.1, 0.15) is 41.8 Å². The van der Waals surface area contributed by atoms with Crippen molar-refractivity contribution in [2.24, 2.45) is 0 Å². The van der Waals surface area contributed by atoms with Gasteiger partial charge in [-0.15, -0.1) is 11.8 Å². The van der Waals surface area contributed by atoms with E-state index in [2.05, 4.69) is 20.3 Å². The van der Waals surface area contributed by atoms with Crippen LogP contribution in [0.2, 0.25) is 0 Å². The summed E-state index contributed by atoms with van der Waals surface area (Å²) in [6.07, 6.45) is 5.24. The van der Waals surface area contributed by atoms with Crippen molar-refractivity contribution in [2.75, 3.05) is 18.6 Å². The van der Waals surface area contributed by atoms with E-state index in [-0.39, 0.29) is 24.1 Å². The molecule has 32 heavy (non-hydrogen) atoms. The summed E-state index contributed by atoms with van der Waals surface area (Å²) in [5.74, 6) is 1.94. The number of nitrogen functional groups attached to an aromatic ring is 1. The molecule has 0 bridgehead atoms. The van der Waals surface area contributed by atoms with Gasteiger partial charge in [0.05, 0.1) is 36.5 Å². The number of aryl methyl sites for hydroxylation is 1. The summed E-state index contributed by atoms with van der Waals surface area (Å²) in [5, 5.41) is 20.7. The predicted octanol–water partition coefficient (Wildman–Crippen LogP) is 2.00. The topological polar surface area (TPSA) is 124 Å². The number of aliphatic hydroxyl groups is 1. The molecule has 0 saturated heterocycles. The molecule has 3 aromatic heterocycles. The number of hydrogen-bond donors (Lipinski definition) is 3. The van der Waals surface area contributed by atoms with Crippen LogP contribution in [0.4, 0.5) is 5.95 Å². The maximum absolute atomic E-state index is 10.3. The van der Waals surface area contributed by atoms with E-state index in [1.807, 2.05) is 24.7 Å². The first-order chi connectivity index (χ1) is 15.4. The summed E-state index contributed by atoms with van der Waals surface area (Å²) >= 11 is 1.68. The van der Waals surface area contributed by atoms with Crippen molar-refractivity contribution in [1.82, 2.24) is 30.0 Å². The van der Waals surface area contributed by atoms with E-state index < -0.39 is 0 Å². The van der Waals surface area contributed by atoms with Gasteiger partial charge < -0.3 is 20.9 Å². The number of thioether (sulfide) groups is 1. The van der Waals surface area contributed by atoms with Crippen LogP contribution in [0.15, 0.2) is 11.2 Å². The number of rotatable bonds is 5. The number of hydrogen-bond acceptors (Lipinski definition) is 9. The minimum absolute atomic E-state index is 0.141. The SMILES string of the molecule is COc1c(C)cnc(Cn2nc3c4c(nc(N)nc42)SCC(N[C@H]2CCC[C@@H]2O)C3)c1C. The largest absolute Gasteiger partial charge is 0.496 e. The highest BCUT2D eigenvalue weighted by Gasteiger charge is 2.31. The van der Waals surface area contributed by atoms with E-state index in [4.69, 9.17) is 15.6 Å². The Hall–Kier alpha value is -2.43. The molecule has 10 heteroatoms. The first-order valence-electron chi connectivity index (χ1n) is 11.0. The molecular formula is C22H29N7O2S. The Labute approximate surface area is 191 Å². The molecule has 0 spiro atoms. The van der Waals surface area contributed by atoms with Gasteiger partial charge in [0.2, 0.25) is 5.95 Å². The molecule has 0 radical (unpaired) electrons. The molecular weight excluding hydrogens is 426 g/mol. The number of nitrogens with one attached hydrogen (secondary N) is 1. The van der Waals surface area contributed by atoms with Crippen molar-refractivity contribution in [3.05, 3.63) is 28.7 Å².